The smallest absolute Gasteiger partial charge is 0.339 e. The summed E-state index contributed by atoms with van der Waals surface area (Å²) in [5.74, 6) is -1.21. The highest BCUT2D eigenvalue weighted by Gasteiger charge is 2.63. The lowest BCUT2D eigenvalue weighted by Crippen LogP contribution is -2.54. The molecule has 1 spiro atoms. The number of ether oxygens (including phenoxy) is 1. The Bertz CT molecular complexity index is 1300. The van der Waals surface area contributed by atoms with E-state index in [1.165, 1.54) is 4.90 Å². The topological polar surface area (TPSA) is 92.9 Å². The molecule has 0 saturated carbocycles. The van der Waals surface area contributed by atoms with E-state index in [1.54, 1.807) is 61.3 Å². The van der Waals surface area contributed by atoms with Gasteiger partial charge in [-0.3, -0.25) is 14.5 Å². The zero-order valence-corrected chi connectivity index (χ0v) is 19.7. The third-order valence-corrected chi connectivity index (χ3v) is 7.01. The summed E-state index contributed by atoms with van der Waals surface area (Å²) < 4.78 is 5.43. The lowest BCUT2D eigenvalue weighted by Gasteiger charge is -2.44. The van der Waals surface area contributed by atoms with Crippen molar-refractivity contribution in [3.05, 3.63) is 81.8 Å². The predicted octanol–water partition coefficient (Wildman–Crippen LogP) is 3.81. The SMILES string of the molecule is CCOC(=O)C1=C(N)N(c2ccc(Cl)cc2)C2=C(C(=O)CCC2)C12C(=O)N(C)c1ccccc12. The van der Waals surface area contributed by atoms with Crippen molar-refractivity contribution in [3.8, 4) is 0 Å². The first-order valence-electron chi connectivity index (χ1n) is 11.2. The Labute approximate surface area is 202 Å². The Hall–Kier alpha value is -3.58. The van der Waals surface area contributed by atoms with E-state index in [0.29, 0.717) is 46.1 Å². The van der Waals surface area contributed by atoms with Crippen LogP contribution in [0.1, 0.15) is 31.7 Å². The molecule has 3 aliphatic rings. The third-order valence-electron chi connectivity index (χ3n) is 6.76. The summed E-state index contributed by atoms with van der Waals surface area (Å²) in [6.45, 7) is 1.78. The van der Waals surface area contributed by atoms with E-state index in [2.05, 4.69) is 0 Å². The van der Waals surface area contributed by atoms with Crippen LogP contribution in [-0.4, -0.2) is 31.3 Å². The number of benzene rings is 2. The highest BCUT2D eigenvalue weighted by atomic mass is 35.5. The minimum atomic E-state index is -1.66. The number of carbonyl (C=O) groups is 3. The normalized spacial score (nSPS) is 21.9. The van der Waals surface area contributed by atoms with Crippen LogP contribution in [0, 0.1) is 0 Å². The standard InChI is InChI=1S/C26H24ClN3O4/c1-3-34-24(32)22-23(28)30(16-13-11-15(27)12-14-16)19-9-6-10-20(31)21(19)26(22)17-7-4-5-8-18(17)29(2)25(26)33/h4-5,7-8,11-14H,3,6,9-10,28H2,1-2H3. The van der Waals surface area contributed by atoms with Gasteiger partial charge in [-0.25, -0.2) is 4.79 Å². The molecule has 2 heterocycles. The number of rotatable bonds is 3. The van der Waals surface area contributed by atoms with Gasteiger partial charge in [-0.15, -0.1) is 0 Å². The molecule has 2 aromatic carbocycles. The molecule has 1 aliphatic carbocycles. The second-order valence-electron chi connectivity index (χ2n) is 8.52. The average Bonchev–Trinajstić information content (AvgIpc) is 3.03. The van der Waals surface area contributed by atoms with Crippen LogP contribution in [0.2, 0.25) is 5.02 Å². The number of nitrogens with zero attached hydrogens (tertiary/aromatic N) is 2. The summed E-state index contributed by atoms with van der Waals surface area (Å²) in [5, 5.41) is 0.542. The number of para-hydroxylation sites is 1. The van der Waals surface area contributed by atoms with E-state index in [9.17, 15) is 14.4 Å². The number of halogens is 1. The fourth-order valence-corrected chi connectivity index (χ4v) is 5.57. The highest BCUT2D eigenvalue weighted by molar-refractivity contribution is 6.30. The first-order chi connectivity index (χ1) is 16.3. The van der Waals surface area contributed by atoms with Crippen molar-refractivity contribution in [3.63, 3.8) is 0 Å². The van der Waals surface area contributed by atoms with Crippen molar-refractivity contribution >= 4 is 40.6 Å². The minimum absolute atomic E-state index is 0.0277. The largest absolute Gasteiger partial charge is 0.462 e. The van der Waals surface area contributed by atoms with Crippen molar-refractivity contribution in [2.75, 3.05) is 23.5 Å². The number of anilines is 2. The number of nitrogens with two attached hydrogens (primary N) is 1. The highest BCUT2D eigenvalue weighted by Crippen LogP contribution is 2.56. The van der Waals surface area contributed by atoms with Crippen LogP contribution in [-0.2, 0) is 24.5 Å². The first-order valence-corrected chi connectivity index (χ1v) is 11.6. The van der Waals surface area contributed by atoms with Gasteiger partial charge in [0.2, 0.25) is 5.91 Å². The van der Waals surface area contributed by atoms with E-state index in [1.807, 2.05) is 6.07 Å². The number of esters is 1. The molecule has 0 saturated heterocycles. The number of fused-ring (bicyclic) bond motifs is 3. The number of allylic oxidation sites excluding steroid dienone is 1. The summed E-state index contributed by atoms with van der Waals surface area (Å²) in [7, 11) is 1.65. The molecule has 1 unspecified atom stereocenters. The molecule has 2 N–H and O–H groups in total. The number of Topliss-reactive ketones (excluding diaryl/α,β-unsaturated/α-hetero) is 1. The summed E-state index contributed by atoms with van der Waals surface area (Å²) in [4.78, 5) is 44.4. The lowest BCUT2D eigenvalue weighted by atomic mass is 9.63. The maximum atomic E-state index is 14.1. The quantitative estimate of drug-likeness (QED) is 0.676. The van der Waals surface area contributed by atoms with E-state index in [4.69, 9.17) is 22.1 Å². The van der Waals surface area contributed by atoms with Gasteiger partial charge in [0.15, 0.2) is 5.78 Å². The molecule has 5 rings (SSSR count). The Balaban J connectivity index is 1.91. The predicted molar refractivity (Wildman–Crippen MR) is 129 cm³/mol. The summed E-state index contributed by atoms with van der Waals surface area (Å²) in [5.41, 5.74) is 7.83. The molecule has 0 bridgehead atoms. The molecular weight excluding hydrogens is 454 g/mol. The number of carbonyl (C=O) groups excluding carboxylic acids is 3. The molecule has 2 aromatic rings. The van der Waals surface area contributed by atoms with E-state index < -0.39 is 17.3 Å². The summed E-state index contributed by atoms with van der Waals surface area (Å²) in [6, 6.07) is 14.2. The monoisotopic (exact) mass is 477 g/mol. The molecule has 174 valence electrons. The van der Waals surface area contributed by atoms with Gasteiger partial charge >= 0.3 is 5.97 Å². The van der Waals surface area contributed by atoms with Gasteiger partial charge in [0, 0.05) is 46.7 Å². The third kappa shape index (κ3) is 2.86. The van der Waals surface area contributed by atoms with Gasteiger partial charge in [-0.2, -0.15) is 0 Å². The number of ketones is 1. The van der Waals surface area contributed by atoms with Gasteiger partial charge < -0.3 is 15.4 Å². The van der Waals surface area contributed by atoms with Crippen molar-refractivity contribution in [2.45, 2.75) is 31.6 Å². The minimum Gasteiger partial charge on any atom is -0.462 e. The van der Waals surface area contributed by atoms with Gasteiger partial charge in [0.05, 0.1) is 6.61 Å². The number of hydrogen-bond donors (Lipinski definition) is 1. The second kappa shape index (κ2) is 8.02. The van der Waals surface area contributed by atoms with Gasteiger partial charge in [0.25, 0.3) is 0 Å². The Morgan fingerprint density at radius 3 is 2.53 bits per heavy atom. The molecule has 0 fully saturated rings. The lowest BCUT2D eigenvalue weighted by molar-refractivity contribution is -0.140. The Morgan fingerprint density at radius 2 is 1.82 bits per heavy atom. The van der Waals surface area contributed by atoms with Gasteiger partial charge in [-0.1, -0.05) is 29.8 Å². The summed E-state index contributed by atoms with van der Waals surface area (Å²) >= 11 is 6.11. The zero-order valence-electron chi connectivity index (χ0n) is 18.9. The van der Waals surface area contributed by atoms with E-state index in [-0.39, 0.29) is 30.2 Å². The maximum absolute atomic E-state index is 14.1. The fraction of sp³-hybridized carbons (Fsp3) is 0.269. The van der Waals surface area contributed by atoms with E-state index in [0.717, 1.165) is 0 Å². The van der Waals surface area contributed by atoms with Crippen LogP contribution in [0.25, 0.3) is 0 Å². The molecule has 1 atom stereocenters. The summed E-state index contributed by atoms with van der Waals surface area (Å²) in [6.07, 6.45) is 1.43. The van der Waals surface area contributed by atoms with Crippen LogP contribution in [0.5, 0.6) is 0 Å². The van der Waals surface area contributed by atoms with Gasteiger partial charge in [-0.05, 0) is 50.1 Å². The van der Waals surface area contributed by atoms with Crippen molar-refractivity contribution in [1.29, 1.82) is 0 Å². The van der Waals surface area contributed by atoms with Crippen molar-refractivity contribution < 1.29 is 19.1 Å². The molecule has 34 heavy (non-hydrogen) atoms. The Morgan fingerprint density at radius 1 is 1.12 bits per heavy atom. The average molecular weight is 478 g/mol. The molecule has 0 radical (unpaired) electrons. The van der Waals surface area contributed by atoms with Crippen LogP contribution in [0.15, 0.2) is 71.2 Å². The molecule has 0 aromatic heterocycles. The molecule has 8 heteroatoms. The van der Waals surface area contributed by atoms with Crippen molar-refractivity contribution in [1.82, 2.24) is 0 Å². The van der Waals surface area contributed by atoms with Crippen LogP contribution in [0.4, 0.5) is 11.4 Å². The second-order valence-corrected chi connectivity index (χ2v) is 8.96. The zero-order chi connectivity index (χ0) is 24.2. The fourth-order valence-electron chi connectivity index (χ4n) is 5.44. The number of likely N-dealkylation sites (N-methyl/N-ethyl adjacent to an activating group) is 1. The van der Waals surface area contributed by atoms with Crippen molar-refractivity contribution in [2.24, 2.45) is 5.73 Å². The number of amides is 1. The molecular formula is C26H24ClN3O4. The Kier molecular flexibility index (Phi) is 5.24. The molecule has 2 aliphatic heterocycles. The van der Waals surface area contributed by atoms with Crippen LogP contribution >= 0.6 is 11.6 Å². The van der Waals surface area contributed by atoms with E-state index >= 15 is 0 Å². The van der Waals surface area contributed by atoms with Crippen LogP contribution in [0.3, 0.4) is 0 Å². The molecule has 7 nitrogen and oxygen atoms in total. The van der Waals surface area contributed by atoms with Crippen LogP contribution < -0.4 is 15.5 Å². The maximum Gasteiger partial charge on any atom is 0.339 e. The number of hydrogen-bond acceptors (Lipinski definition) is 6. The van der Waals surface area contributed by atoms with Gasteiger partial charge in [0.1, 0.15) is 16.8 Å². The first kappa shape index (κ1) is 22.2. The molecule has 1 amide bonds.